The maximum Gasteiger partial charge on any atom is 0.150 e. The molecule has 0 saturated carbocycles. The van der Waals surface area contributed by atoms with Crippen molar-refractivity contribution >= 4 is 91.7 Å². The van der Waals surface area contributed by atoms with E-state index in [1.165, 1.54) is 0 Å². The van der Waals surface area contributed by atoms with Crippen molar-refractivity contribution in [3.8, 4) is 22.3 Å². The molecule has 0 aliphatic carbocycles. The Morgan fingerprint density at radius 1 is 0.571 bits per heavy atom. The van der Waals surface area contributed by atoms with Gasteiger partial charge >= 0.3 is 0 Å². The zero-order valence-corrected chi connectivity index (χ0v) is 23.6. The van der Waals surface area contributed by atoms with E-state index in [2.05, 4.69) is 78.1 Å². The zero-order chi connectivity index (χ0) is 24.3. The summed E-state index contributed by atoms with van der Waals surface area (Å²) in [6.45, 7) is 0. The molecule has 170 valence electrons. The molecule has 0 N–H and O–H groups in total. The van der Waals surface area contributed by atoms with Gasteiger partial charge in [-0.05, 0) is 82.2 Å². The van der Waals surface area contributed by atoms with Gasteiger partial charge in [0.05, 0.1) is 5.02 Å². The molecule has 0 atom stereocenters. The molecule has 0 unspecified atom stereocenters. The van der Waals surface area contributed by atoms with Gasteiger partial charge in [-0.1, -0.05) is 106 Å². The third kappa shape index (κ3) is 3.65. The molecule has 6 rings (SSSR count). The monoisotopic (exact) mass is 666 g/mol. The predicted molar refractivity (Wildman–Crippen MR) is 158 cm³/mol. The molecular formula is C30H15Br3ClF. The van der Waals surface area contributed by atoms with Gasteiger partial charge in [-0.3, -0.25) is 0 Å². The smallest absolute Gasteiger partial charge is 0.150 e. The summed E-state index contributed by atoms with van der Waals surface area (Å²) in [7, 11) is 0. The molecule has 0 aliphatic heterocycles. The molecule has 0 spiro atoms. The van der Waals surface area contributed by atoms with E-state index in [9.17, 15) is 0 Å². The summed E-state index contributed by atoms with van der Waals surface area (Å²) in [6.07, 6.45) is 0. The lowest BCUT2D eigenvalue weighted by Gasteiger charge is -2.21. The van der Waals surface area contributed by atoms with Gasteiger partial charge in [0.15, 0.2) is 0 Å². The lowest BCUT2D eigenvalue weighted by atomic mass is 9.85. The van der Waals surface area contributed by atoms with Gasteiger partial charge < -0.3 is 0 Å². The Bertz CT molecular complexity index is 1810. The molecule has 0 nitrogen and oxygen atoms in total. The van der Waals surface area contributed by atoms with Crippen molar-refractivity contribution in [3.63, 3.8) is 0 Å². The van der Waals surface area contributed by atoms with Crippen LogP contribution in [0.4, 0.5) is 4.39 Å². The summed E-state index contributed by atoms with van der Waals surface area (Å²) in [5.41, 5.74) is 3.44. The van der Waals surface area contributed by atoms with Crippen LogP contribution in [-0.4, -0.2) is 0 Å². The fourth-order valence-corrected chi connectivity index (χ4v) is 6.71. The Hall–Kier alpha value is -2.24. The molecule has 6 aromatic carbocycles. The minimum Gasteiger partial charge on any atom is -0.205 e. The second kappa shape index (κ2) is 9.01. The summed E-state index contributed by atoms with van der Waals surface area (Å²) in [6, 6.07) is 30.0. The molecule has 0 aliphatic rings. The number of hydrogen-bond acceptors (Lipinski definition) is 0. The average Bonchev–Trinajstić information content (AvgIpc) is 2.88. The highest BCUT2D eigenvalue weighted by Crippen LogP contribution is 2.50. The Balaban J connectivity index is 1.89. The van der Waals surface area contributed by atoms with Crippen molar-refractivity contribution in [1.29, 1.82) is 0 Å². The van der Waals surface area contributed by atoms with Crippen LogP contribution in [0.2, 0.25) is 5.02 Å². The second-order valence-electron chi connectivity index (χ2n) is 8.33. The van der Waals surface area contributed by atoms with Crippen LogP contribution in [0, 0.1) is 5.82 Å². The van der Waals surface area contributed by atoms with E-state index in [0.29, 0.717) is 10.9 Å². The molecule has 0 saturated heterocycles. The number of fused-ring (bicyclic) bond motifs is 3. The first-order valence-corrected chi connectivity index (χ1v) is 13.7. The topological polar surface area (TPSA) is 0 Å². The molecule has 0 radical (unpaired) electrons. The molecule has 0 heterocycles. The van der Waals surface area contributed by atoms with Crippen molar-refractivity contribution in [1.82, 2.24) is 0 Å². The number of rotatable bonds is 2. The van der Waals surface area contributed by atoms with Crippen LogP contribution in [0.1, 0.15) is 0 Å². The Morgan fingerprint density at radius 3 is 1.94 bits per heavy atom. The van der Waals surface area contributed by atoms with Gasteiger partial charge in [0.25, 0.3) is 0 Å². The standard InChI is InChI=1S/C30H15Br3ClF/c31-23-14-6-8-16-7-5-13-21(25(16)23)27-26(18-10-2-4-12-20(18)30(35)29(27)34)22-15-24(32)28(33)19-11-3-1-9-17(19)22/h1-15H. The predicted octanol–water partition coefficient (Wildman–Crippen LogP) is 11.6. The highest BCUT2D eigenvalue weighted by Gasteiger charge is 2.24. The van der Waals surface area contributed by atoms with Crippen LogP contribution >= 0.6 is 59.4 Å². The molecule has 0 amide bonds. The van der Waals surface area contributed by atoms with Gasteiger partial charge in [0, 0.05) is 29.8 Å². The van der Waals surface area contributed by atoms with Crippen LogP contribution < -0.4 is 0 Å². The highest BCUT2D eigenvalue weighted by molar-refractivity contribution is 9.13. The van der Waals surface area contributed by atoms with E-state index in [-0.39, 0.29) is 5.02 Å². The van der Waals surface area contributed by atoms with E-state index in [0.717, 1.165) is 57.0 Å². The highest BCUT2D eigenvalue weighted by atomic mass is 79.9. The number of halogens is 5. The summed E-state index contributed by atoms with van der Waals surface area (Å²) < 4.78 is 18.7. The summed E-state index contributed by atoms with van der Waals surface area (Å²) in [5.74, 6) is -0.412. The van der Waals surface area contributed by atoms with Crippen molar-refractivity contribution in [3.05, 3.63) is 115 Å². The first-order valence-electron chi connectivity index (χ1n) is 10.9. The van der Waals surface area contributed by atoms with E-state index in [4.69, 9.17) is 11.6 Å². The van der Waals surface area contributed by atoms with Crippen molar-refractivity contribution in [2.75, 3.05) is 0 Å². The molecular weight excluding hydrogens is 654 g/mol. The molecule has 5 heteroatoms. The minimum absolute atomic E-state index is 0.116. The molecule has 6 aromatic rings. The zero-order valence-electron chi connectivity index (χ0n) is 18.1. The first kappa shape index (κ1) is 23.2. The van der Waals surface area contributed by atoms with Crippen molar-refractivity contribution in [2.24, 2.45) is 0 Å². The summed E-state index contributed by atoms with van der Waals surface area (Å²) >= 11 is 18.1. The Labute approximate surface area is 232 Å². The normalized spacial score (nSPS) is 11.6. The molecule has 35 heavy (non-hydrogen) atoms. The fourth-order valence-electron chi connectivity index (χ4n) is 4.91. The summed E-state index contributed by atoms with van der Waals surface area (Å²) in [4.78, 5) is 0. The quantitative estimate of drug-likeness (QED) is 0.172. The van der Waals surface area contributed by atoms with Gasteiger partial charge in [-0.2, -0.15) is 0 Å². The van der Waals surface area contributed by atoms with E-state index < -0.39 is 5.82 Å². The van der Waals surface area contributed by atoms with Crippen LogP contribution in [0.5, 0.6) is 0 Å². The molecule has 0 fully saturated rings. The third-order valence-corrected chi connectivity index (χ3v) is 9.45. The van der Waals surface area contributed by atoms with Crippen LogP contribution in [0.15, 0.2) is 104 Å². The Kier molecular flexibility index (Phi) is 5.96. The van der Waals surface area contributed by atoms with E-state index in [1.807, 2.05) is 54.6 Å². The molecule has 0 aromatic heterocycles. The fraction of sp³-hybridized carbons (Fsp3) is 0. The summed E-state index contributed by atoms with van der Waals surface area (Å²) in [5, 5.41) is 5.58. The lowest BCUT2D eigenvalue weighted by molar-refractivity contribution is 0.641. The average molecular weight is 670 g/mol. The van der Waals surface area contributed by atoms with Gasteiger partial charge in [-0.25, -0.2) is 4.39 Å². The maximum atomic E-state index is 15.8. The SMILES string of the molecule is Fc1c(Cl)c(-c2cccc3cccc(Br)c23)c(-c2cc(Br)c(Br)c3ccccc23)c2ccccc12. The van der Waals surface area contributed by atoms with E-state index in [1.54, 1.807) is 6.07 Å². The number of hydrogen-bond donors (Lipinski definition) is 0. The number of benzene rings is 6. The first-order chi connectivity index (χ1) is 17.0. The van der Waals surface area contributed by atoms with Crippen molar-refractivity contribution in [2.45, 2.75) is 0 Å². The van der Waals surface area contributed by atoms with Crippen LogP contribution in [0.3, 0.4) is 0 Å². The third-order valence-electron chi connectivity index (χ3n) is 6.42. The van der Waals surface area contributed by atoms with E-state index >= 15 is 4.39 Å². The Morgan fingerprint density at radius 2 is 1.20 bits per heavy atom. The minimum atomic E-state index is -0.412. The van der Waals surface area contributed by atoms with Crippen LogP contribution in [0.25, 0.3) is 54.6 Å². The van der Waals surface area contributed by atoms with Gasteiger partial charge in [0.2, 0.25) is 0 Å². The van der Waals surface area contributed by atoms with Crippen LogP contribution in [-0.2, 0) is 0 Å². The second-order valence-corrected chi connectivity index (χ2v) is 11.2. The van der Waals surface area contributed by atoms with Gasteiger partial charge in [0.1, 0.15) is 5.82 Å². The molecule has 0 bridgehead atoms. The maximum absolute atomic E-state index is 15.8. The van der Waals surface area contributed by atoms with Crippen molar-refractivity contribution < 1.29 is 4.39 Å². The lowest BCUT2D eigenvalue weighted by Crippen LogP contribution is -1.96. The van der Waals surface area contributed by atoms with Gasteiger partial charge in [-0.15, -0.1) is 0 Å². The largest absolute Gasteiger partial charge is 0.205 e.